The molecule has 3 aliphatic rings. The first-order chi connectivity index (χ1) is 6.31. The largest absolute Gasteiger partial charge is 0.399 e. The van der Waals surface area contributed by atoms with Gasteiger partial charge in [0.05, 0.1) is 5.71 Å². The van der Waals surface area contributed by atoms with Gasteiger partial charge in [0, 0.05) is 12.5 Å². The molecule has 0 aromatic carbocycles. The van der Waals surface area contributed by atoms with Crippen LogP contribution in [0.15, 0.2) is 5.16 Å². The Morgan fingerprint density at radius 2 is 2.00 bits per heavy atom. The Hall–Kier alpha value is -0.280. The number of rotatable bonds is 2. The predicted molar refractivity (Wildman–Crippen MR) is 60.0 cm³/mol. The molecule has 3 rings (SSSR count). The maximum absolute atomic E-state index is 4.83. The molecule has 0 radical (unpaired) electrons. The summed E-state index contributed by atoms with van der Waals surface area (Å²) in [5, 5.41) is 4.06. The second-order valence-electron chi connectivity index (χ2n) is 4.16. The van der Waals surface area contributed by atoms with Gasteiger partial charge in [0.25, 0.3) is 0 Å². The van der Waals surface area contributed by atoms with Crippen molar-refractivity contribution in [1.82, 2.24) is 4.90 Å². The van der Waals surface area contributed by atoms with Crippen LogP contribution in [0.3, 0.4) is 0 Å². The maximum atomic E-state index is 4.83. The molecule has 1 atom stereocenters. The summed E-state index contributed by atoms with van der Waals surface area (Å²) < 4.78 is 0. The fourth-order valence-electron chi connectivity index (χ4n) is 2.65. The van der Waals surface area contributed by atoms with Crippen LogP contribution < -0.4 is 0 Å². The molecule has 4 heteroatoms. The van der Waals surface area contributed by atoms with Crippen molar-refractivity contribution in [1.29, 1.82) is 0 Å². The van der Waals surface area contributed by atoms with E-state index in [0.717, 1.165) is 5.92 Å². The second-order valence-corrected chi connectivity index (χ2v) is 4.16. The standard InChI is InChI=1S/C10H18N2O.ClH/c1-8(11-13-2)10-7-12-5-3-9(10)4-6-12;/h9-10H,3-7H2,1-2H3;1H/t10-;/m0./s1. The van der Waals surface area contributed by atoms with Crippen LogP contribution in [0.25, 0.3) is 0 Å². The third kappa shape index (κ3) is 2.20. The smallest absolute Gasteiger partial charge is 0.106 e. The van der Waals surface area contributed by atoms with Crippen molar-refractivity contribution < 1.29 is 4.84 Å². The highest BCUT2D eigenvalue weighted by Crippen LogP contribution is 2.33. The van der Waals surface area contributed by atoms with E-state index in [0.29, 0.717) is 5.92 Å². The van der Waals surface area contributed by atoms with Crippen molar-refractivity contribution in [2.45, 2.75) is 19.8 Å². The lowest BCUT2D eigenvalue weighted by Crippen LogP contribution is -2.49. The summed E-state index contributed by atoms with van der Waals surface area (Å²) in [6.45, 7) is 5.88. The number of oxime groups is 1. The van der Waals surface area contributed by atoms with Crippen LogP contribution in [0.1, 0.15) is 19.8 Å². The fraction of sp³-hybridized carbons (Fsp3) is 0.900. The van der Waals surface area contributed by atoms with E-state index < -0.39 is 0 Å². The maximum Gasteiger partial charge on any atom is 0.106 e. The van der Waals surface area contributed by atoms with E-state index in [1.165, 1.54) is 38.2 Å². The SMILES string of the molecule is CON=C(C)[C@@H]1CN2CCC1CC2.Cl. The molecule has 0 saturated carbocycles. The van der Waals surface area contributed by atoms with E-state index in [9.17, 15) is 0 Å². The minimum absolute atomic E-state index is 0. The van der Waals surface area contributed by atoms with Crippen LogP contribution >= 0.6 is 12.4 Å². The lowest BCUT2D eigenvalue weighted by molar-refractivity contribution is 0.0791. The lowest BCUT2D eigenvalue weighted by atomic mass is 9.77. The Morgan fingerprint density at radius 1 is 1.36 bits per heavy atom. The molecule has 14 heavy (non-hydrogen) atoms. The van der Waals surface area contributed by atoms with Gasteiger partial charge >= 0.3 is 0 Å². The molecule has 3 heterocycles. The molecule has 82 valence electrons. The third-order valence-electron chi connectivity index (χ3n) is 3.43. The molecule has 0 spiro atoms. The normalized spacial score (nSPS) is 36.4. The number of fused-ring (bicyclic) bond motifs is 3. The molecule has 0 aliphatic carbocycles. The van der Waals surface area contributed by atoms with E-state index in [1.54, 1.807) is 7.11 Å². The van der Waals surface area contributed by atoms with E-state index >= 15 is 0 Å². The van der Waals surface area contributed by atoms with E-state index in [4.69, 9.17) is 4.84 Å². The highest BCUT2D eigenvalue weighted by Gasteiger charge is 2.35. The zero-order valence-electron chi connectivity index (χ0n) is 8.90. The molecule has 3 saturated heterocycles. The first kappa shape index (κ1) is 11.8. The van der Waals surface area contributed by atoms with E-state index in [-0.39, 0.29) is 12.4 Å². The first-order valence-electron chi connectivity index (χ1n) is 5.11. The fourth-order valence-corrected chi connectivity index (χ4v) is 2.65. The minimum atomic E-state index is 0. The molecule has 3 fully saturated rings. The van der Waals surface area contributed by atoms with Gasteiger partial charge in [-0.15, -0.1) is 12.4 Å². The number of halogens is 1. The van der Waals surface area contributed by atoms with Crippen molar-refractivity contribution in [2.24, 2.45) is 17.0 Å². The molecular formula is C10H19ClN2O. The average Bonchev–Trinajstić information content (AvgIpc) is 2.20. The van der Waals surface area contributed by atoms with Gasteiger partial charge in [-0.25, -0.2) is 0 Å². The molecule has 3 nitrogen and oxygen atoms in total. The van der Waals surface area contributed by atoms with Gasteiger partial charge in [-0.3, -0.25) is 0 Å². The topological polar surface area (TPSA) is 24.8 Å². The number of hydrogen-bond acceptors (Lipinski definition) is 3. The summed E-state index contributed by atoms with van der Waals surface area (Å²) >= 11 is 0. The molecule has 0 amide bonds. The molecule has 0 aromatic heterocycles. The van der Waals surface area contributed by atoms with E-state index in [1.807, 2.05) is 0 Å². The Bertz CT molecular complexity index is 212. The minimum Gasteiger partial charge on any atom is -0.399 e. The molecular weight excluding hydrogens is 200 g/mol. The molecule has 0 aromatic rings. The second kappa shape index (κ2) is 4.99. The Labute approximate surface area is 91.9 Å². The Morgan fingerprint density at radius 3 is 2.43 bits per heavy atom. The van der Waals surface area contributed by atoms with Crippen molar-refractivity contribution in [3.8, 4) is 0 Å². The summed E-state index contributed by atoms with van der Waals surface area (Å²) in [4.78, 5) is 7.37. The van der Waals surface area contributed by atoms with Crippen molar-refractivity contribution in [2.75, 3.05) is 26.7 Å². The molecule has 2 bridgehead atoms. The van der Waals surface area contributed by atoms with Crippen molar-refractivity contribution in [3.05, 3.63) is 0 Å². The van der Waals surface area contributed by atoms with Gasteiger partial charge in [0.2, 0.25) is 0 Å². The highest BCUT2D eigenvalue weighted by atomic mass is 35.5. The molecule has 3 aliphatic heterocycles. The van der Waals surface area contributed by atoms with Crippen LogP contribution in [0.2, 0.25) is 0 Å². The molecule has 0 unspecified atom stereocenters. The zero-order valence-corrected chi connectivity index (χ0v) is 9.72. The average molecular weight is 219 g/mol. The van der Waals surface area contributed by atoms with Crippen LogP contribution in [0.5, 0.6) is 0 Å². The van der Waals surface area contributed by atoms with Crippen molar-refractivity contribution >= 4 is 18.1 Å². The third-order valence-corrected chi connectivity index (χ3v) is 3.43. The zero-order chi connectivity index (χ0) is 9.26. The van der Waals surface area contributed by atoms with Gasteiger partial charge in [-0.1, -0.05) is 5.16 Å². The molecule has 0 N–H and O–H groups in total. The van der Waals surface area contributed by atoms with Gasteiger partial charge in [-0.05, 0) is 38.8 Å². The van der Waals surface area contributed by atoms with Gasteiger partial charge in [0.15, 0.2) is 0 Å². The first-order valence-corrected chi connectivity index (χ1v) is 5.11. The summed E-state index contributed by atoms with van der Waals surface area (Å²) in [6.07, 6.45) is 2.70. The Kier molecular flexibility index (Phi) is 4.20. The van der Waals surface area contributed by atoms with Crippen LogP contribution in [-0.4, -0.2) is 37.4 Å². The summed E-state index contributed by atoms with van der Waals surface area (Å²) in [6, 6.07) is 0. The summed E-state index contributed by atoms with van der Waals surface area (Å²) in [5.74, 6) is 1.52. The van der Waals surface area contributed by atoms with Crippen LogP contribution in [-0.2, 0) is 4.84 Å². The van der Waals surface area contributed by atoms with Crippen molar-refractivity contribution in [3.63, 3.8) is 0 Å². The monoisotopic (exact) mass is 218 g/mol. The van der Waals surface area contributed by atoms with Gasteiger partial charge < -0.3 is 9.74 Å². The highest BCUT2D eigenvalue weighted by molar-refractivity contribution is 5.85. The van der Waals surface area contributed by atoms with E-state index in [2.05, 4.69) is 17.0 Å². The van der Waals surface area contributed by atoms with Gasteiger partial charge in [-0.2, -0.15) is 0 Å². The summed E-state index contributed by atoms with van der Waals surface area (Å²) in [7, 11) is 1.63. The number of nitrogens with zero attached hydrogens (tertiary/aromatic N) is 2. The lowest BCUT2D eigenvalue weighted by Gasteiger charge is -2.44. The number of piperidine rings is 3. The predicted octanol–water partition coefficient (Wildman–Crippen LogP) is 1.77. The Balaban J connectivity index is 0.000000980. The van der Waals surface area contributed by atoms with Crippen LogP contribution in [0.4, 0.5) is 0 Å². The van der Waals surface area contributed by atoms with Crippen LogP contribution in [0, 0.1) is 11.8 Å². The number of hydrogen-bond donors (Lipinski definition) is 0. The summed E-state index contributed by atoms with van der Waals surface area (Å²) in [5.41, 5.74) is 1.18. The quantitative estimate of drug-likeness (QED) is 0.522. The van der Waals surface area contributed by atoms with Gasteiger partial charge in [0.1, 0.15) is 7.11 Å².